The van der Waals surface area contributed by atoms with Gasteiger partial charge in [-0.15, -0.1) is 0 Å². The summed E-state index contributed by atoms with van der Waals surface area (Å²) < 4.78 is 11.0. The van der Waals surface area contributed by atoms with Crippen molar-refractivity contribution in [1.82, 2.24) is 4.98 Å². The van der Waals surface area contributed by atoms with Crippen LogP contribution in [0.5, 0.6) is 5.75 Å². The number of benzene rings is 2. The highest BCUT2D eigenvalue weighted by Gasteiger charge is 2.13. The van der Waals surface area contributed by atoms with Crippen LogP contribution in [-0.4, -0.2) is 12.1 Å². The van der Waals surface area contributed by atoms with E-state index in [0.717, 1.165) is 33.5 Å². The standard InChI is InChI=1S/C16H16N2O2/c1-9-6-11(17)7-13(10(9)2)16-18-14-8-12(19-3)4-5-15(14)20-16/h4-8H,17H2,1-3H3. The number of nitrogen functional groups attached to an aromatic ring is 1. The van der Waals surface area contributed by atoms with Crippen LogP contribution in [0.25, 0.3) is 22.6 Å². The lowest BCUT2D eigenvalue weighted by Gasteiger charge is -2.06. The van der Waals surface area contributed by atoms with Crippen molar-refractivity contribution in [3.05, 3.63) is 41.5 Å². The van der Waals surface area contributed by atoms with Gasteiger partial charge in [0.2, 0.25) is 5.89 Å². The first-order valence-corrected chi connectivity index (χ1v) is 6.40. The molecule has 0 saturated carbocycles. The summed E-state index contributed by atoms with van der Waals surface area (Å²) in [5.74, 6) is 1.35. The van der Waals surface area contributed by atoms with Crippen LogP contribution in [0, 0.1) is 13.8 Å². The lowest BCUT2D eigenvalue weighted by molar-refractivity contribution is 0.415. The number of nitrogens with two attached hydrogens (primary N) is 1. The van der Waals surface area contributed by atoms with E-state index in [1.165, 1.54) is 0 Å². The third kappa shape index (κ3) is 1.99. The summed E-state index contributed by atoms with van der Waals surface area (Å²) in [5, 5.41) is 0. The number of oxazole rings is 1. The molecule has 3 aromatic rings. The van der Waals surface area contributed by atoms with Gasteiger partial charge < -0.3 is 14.9 Å². The number of ether oxygens (including phenoxy) is 1. The maximum absolute atomic E-state index is 5.92. The first-order chi connectivity index (χ1) is 9.58. The number of hydrogen-bond acceptors (Lipinski definition) is 4. The first kappa shape index (κ1) is 12.5. The van der Waals surface area contributed by atoms with E-state index in [-0.39, 0.29) is 0 Å². The zero-order chi connectivity index (χ0) is 14.3. The fraction of sp³-hybridized carbons (Fsp3) is 0.188. The minimum Gasteiger partial charge on any atom is -0.497 e. The molecule has 0 aliphatic carbocycles. The number of anilines is 1. The van der Waals surface area contributed by atoms with Gasteiger partial charge in [0.1, 0.15) is 11.3 Å². The van der Waals surface area contributed by atoms with Crippen LogP contribution in [0.4, 0.5) is 5.69 Å². The van der Waals surface area contributed by atoms with Gasteiger partial charge in [-0.2, -0.15) is 0 Å². The van der Waals surface area contributed by atoms with Crippen LogP contribution in [0.15, 0.2) is 34.7 Å². The second kappa shape index (κ2) is 4.56. The fourth-order valence-corrected chi connectivity index (χ4v) is 2.26. The van der Waals surface area contributed by atoms with Crippen molar-refractivity contribution in [2.45, 2.75) is 13.8 Å². The molecule has 0 atom stereocenters. The highest BCUT2D eigenvalue weighted by atomic mass is 16.5. The number of aryl methyl sites for hydroxylation is 1. The Labute approximate surface area is 117 Å². The van der Waals surface area contributed by atoms with Gasteiger partial charge in [-0.3, -0.25) is 0 Å². The molecule has 2 N–H and O–H groups in total. The van der Waals surface area contributed by atoms with Crippen LogP contribution in [0.3, 0.4) is 0 Å². The normalized spacial score (nSPS) is 10.9. The van der Waals surface area contributed by atoms with Gasteiger partial charge in [0.15, 0.2) is 5.58 Å². The van der Waals surface area contributed by atoms with Gasteiger partial charge in [0.25, 0.3) is 0 Å². The number of hydrogen-bond donors (Lipinski definition) is 1. The molecule has 0 radical (unpaired) electrons. The van der Waals surface area contributed by atoms with Gasteiger partial charge in [0, 0.05) is 17.3 Å². The number of methoxy groups -OCH3 is 1. The number of rotatable bonds is 2. The molecule has 1 heterocycles. The number of aromatic nitrogens is 1. The van der Waals surface area contributed by atoms with Gasteiger partial charge >= 0.3 is 0 Å². The third-order valence-electron chi connectivity index (χ3n) is 3.51. The Kier molecular flexibility index (Phi) is 2.86. The molecule has 4 nitrogen and oxygen atoms in total. The molecule has 0 unspecified atom stereocenters. The van der Waals surface area contributed by atoms with Gasteiger partial charge in [-0.1, -0.05) is 0 Å². The van der Waals surface area contributed by atoms with Crippen molar-refractivity contribution in [1.29, 1.82) is 0 Å². The summed E-state index contributed by atoms with van der Waals surface area (Å²) in [7, 11) is 1.63. The predicted octanol–water partition coefficient (Wildman–Crippen LogP) is 3.70. The van der Waals surface area contributed by atoms with E-state index >= 15 is 0 Å². The average molecular weight is 268 g/mol. The number of nitrogens with zero attached hydrogens (tertiary/aromatic N) is 1. The Bertz CT molecular complexity index is 791. The van der Waals surface area contributed by atoms with E-state index < -0.39 is 0 Å². The van der Waals surface area contributed by atoms with E-state index in [9.17, 15) is 0 Å². The maximum atomic E-state index is 5.92. The molecule has 0 spiro atoms. The quantitative estimate of drug-likeness (QED) is 0.720. The Morgan fingerprint density at radius 2 is 1.95 bits per heavy atom. The Balaban J connectivity index is 2.20. The van der Waals surface area contributed by atoms with Crippen molar-refractivity contribution in [3.8, 4) is 17.2 Å². The minimum absolute atomic E-state index is 0.584. The van der Waals surface area contributed by atoms with Crippen molar-refractivity contribution >= 4 is 16.8 Å². The molecule has 0 saturated heterocycles. The van der Waals surface area contributed by atoms with Crippen LogP contribution in [-0.2, 0) is 0 Å². The monoisotopic (exact) mass is 268 g/mol. The molecule has 0 aliphatic heterocycles. The summed E-state index contributed by atoms with van der Waals surface area (Å²) in [6, 6.07) is 9.42. The Morgan fingerprint density at radius 3 is 2.70 bits per heavy atom. The lowest BCUT2D eigenvalue weighted by atomic mass is 10.0. The van der Waals surface area contributed by atoms with Crippen LogP contribution in [0.1, 0.15) is 11.1 Å². The van der Waals surface area contributed by atoms with Crippen molar-refractivity contribution < 1.29 is 9.15 Å². The molecule has 2 aromatic carbocycles. The molecule has 0 aliphatic rings. The fourth-order valence-electron chi connectivity index (χ4n) is 2.26. The average Bonchev–Trinajstić information content (AvgIpc) is 2.85. The summed E-state index contributed by atoms with van der Waals surface area (Å²) in [6.07, 6.45) is 0. The highest BCUT2D eigenvalue weighted by Crippen LogP contribution is 2.31. The molecule has 0 bridgehead atoms. The largest absolute Gasteiger partial charge is 0.497 e. The minimum atomic E-state index is 0.584. The summed E-state index contributed by atoms with van der Waals surface area (Å²) in [4.78, 5) is 4.53. The Morgan fingerprint density at radius 1 is 1.15 bits per heavy atom. The molecular formula is C16H16N2O2. The van der Waals surface area contributed by atoms with Crippen molar-refractivity contribution in [2.75, 3.05) is 12.8 Å². The second-order valence-corrected chi connectivity index (χ2v) is 4.86. The van der Waals surface area contributed by atoms with E-state index in [4.69, 9.17) is 14.9 Å². The zero-order valence-electron chi connectivity index (χ0n) is 11.7. The van der Waals surface area contributed by atoms with Gasteiger partial charge in [-0.25, -0.2) is 4.98 Å². The van der Waals surface area contributed by atoms with E-state index in [1.807, 2.05) is 44.2 Å². The lowest BCUT2D eigenvalue weighted by Crippen LogP contribution is -1.92. The Hall–Kier alpha value is -2.49. The molecule has 102 valence electrons. The van der Waals surface area contributed by atoms with Crippen LogP contribution >= 0.6 is 0 Å². The van der Waals surface area contributed by atoms with Gasteiger partial charge in [0.05, 0.1) is 7.11 Å². The third-order valence-corrected chi connectivity index (χ3v) is 3.51. The highest BCUT2D eigenvalue weighted by molar-refractivity contribution is 5.79. The summed E-state index contributed by atoms with van der Waals surface area (Å²) in [6.45, 7) is 4.07. The molecule has 3 rings (SSSR count). The number of fused-ring (bicyclic) bond motifs is 1. The van der Waals surface area contributed by atoms with Crippen molar-refractivity contribution in [3.63, 3.8) is 0 Å². The molecule has 0 fully saturated rings. The zero-order valence-corrected chi connectivity index (χ0v) is 11.7. The molecule has 0 amide bonds. The van der Waals surface area contributed by atoms with E-state index in [2.05, 4.69) is 4.98 Å². The molecule has 1 aromatic heterocycles. The molecule has 20 heavy (non-hydrogen) atoms. The van der Waals surface area contributed by atoms with E-state index in [0.29, 0.717) is 11.6 Å². The smallest absolute Gasteiger partial charge is 0.227 e. The van der Waals surface area contributed by atoms with Crippen LogP contribution < -0.4 is 10.5 Å². The van der Waals surface area contributed by atoms with Gasteiger partial charge in [-0.05, 0) is 49.2 Å². The first-order valence-electron chi connectivity index (χ1n) is 6.40. The topological polar surface area (TPSA) is 61.3 Å². The van der Waals surface area contributed by atoms with E-state index in [1.54, 1.807) is 7.11 Å². The molecular weight excluding hydrogens is 252 g/mol. The predicted molar refractivity (Wildman–Crippen MR) is 79.9 cm³/mol. The van der Waals surface area contributed by atoms with Crippen LogP contribution in [0.2, 0.25) is 0 Å². The maximum Gasteiger partial charge on any atom is 0.227 e. The van der Waals surface area contributed by atoms with Crippen molar-refractivity contribution in [2.24, 2.45) is 0 Å². The molecule has 4 heteroatoms. The SMILES string of the molecule is COc1ccc2oc(-c3cc(N)cc(C)c3C)nc2c1. The summed E-state index contributed by atoms with van der Waals surface area (Å²) in [5.41, 5.74) is 11.3. The summed E-state index contributed by atoms with van der Waals surface area (Å²) >= 11 is 0. The second-order valence-electron chi connectivity index (χ2n) is 4.86.